The number of nitrogens with one attached hydrogen (secondary N) is 1. The predicted octanol–water partition coefficient (Wildman–Crippen LogP) is 2.56. The number of fused-ring (bicyclic) bond motifs is 2. The second-order valence-corrected chi connectivity index (χ2v) is 8.04. The number of H-pyrrole nitrogens is 1. The van der Waals surface area contributed by atoms with Gasteiger partial charge in [-0.3, -0.25) is 4.57 Å². The van der Waals surface area contributed by atoms with Crippen LogP contribution in [0.15, 0.2) is 53.3 Å². The Kier molecular flexibility index (Phi) is 5.30. The predicted molar refractivity (Wildman–Crippen MR) is 120 cm³/mol. The van der Waals surface area contributed by atoms with Gasteiger partial charge in [0.25, 0.3) is 0 Å². The van der Waals surface area contributed by atoms with Gasteiger partial charge in [0.1, 0.15) is 5.75 Å². The molecular formula is C23H27N4O4+. The van der Waals surface area contributed by atoms with Gasteiger partial charge in [0.15, 0.2) is 5.69 Å². The summed E-state index contributed by atoms with van der Waals surface area (Å²) in [4.78, 5) is 28.4. The van der Waals surface area contributed by atoms with Gasteiger partial charge < -0.3 is 15.2 Å². The van der Waals surface area contributed by atoms with Crippen molar-refractivity contribution in [3.63, 3.8) is 0 Å². The first-order valence-corrected chi connectivity index (χ1v) is 10.3. The molecule has 1 aromatic heterocycles. The number of amides is 1. The Morgan fingerprint density at radius 3 is 2.61 bits per heavy atom. The van der Waals surface area contributed by atoms with E-state index in [0.29, 0.717) is 18.7 Å². The molecule has 2 aromatic carbocycles. The van der Waals surface area contributed by atoms with E-state index in [9.17, 15) is 19.8 Å². The number of carbonyl (C=O) groups is 1. The summed E-state index contributed by atoms with van der Waals surface area (Å²) in [6.07, 6.45) is 2.64. The molecule has 1 amide bonds. The molecule has 0 fully saturated rings. The van der Waals surface area contributed by atoms with E-state index < -0.39 is 10.8 Å². The van der Waals surface area contributed by atoms with Crippen LogP contribution in [0.1, 0.15) is 25.8 Å². The number of aromatic amines is 1. The van der Waals surface area contributed by atoms with E-state index in [4.69, 9.17) is 0 Å². The van der Waals surface area contributed by atoms with Crippen molar-refractivity contribution < 1.29 is 15.0 Å². The summed E-state index contributed by atoms with van der Waals surface area (Å²) in [5, 5.41) is 22.7. The van der Waals surface area contributed by atoms with Crippen molar-refractivity contribution >= 4 is 28.7 Å². The number of aromatic hydroxyl groups is 1. The van der Waals surface area contributed by atoms with Crippen molar-refractivity contribution in [3.05, 3.63) is 64.6 Å². The minimum Gasteiger partial charge on any atom is -0.508 e. The van der Waals surface area contributed by atoms with E-state index in [1.165, 1.54) is 12.1 Å². The van der Waals surface area contributed by atoms with Crippen LogP contribution in [-0.4, -0.2) is 50.0 Å². The van der Waals surface area contributed by atoms with Crippen molar-refractivity contribution in [2.75, 3.05) is 7.05 Å². The highest BCUT2D eigenvalue weighted by atomic mass is 16.3. The first-order valence-electron chi connectivity index (χ1n) is 10.3. The van der Waals surface area contributed by atoms with Gasteiger partial charge in [-0.2, -0.15) is 0 Å². The number of imidazole rings is 1. The monoisotopic (exact) mass is 423 g/mol. The highest BCUT2D eigenvalue weighted by Crippen LogP contribution is 2.39. The fourth-order valence-corrected chi connectivity index (χ4v) is 4.48. The maximum absolute atomic E-state index is 13.2. The van der Waals surface area contributed by atoms with Crippen LogP contribution in [0.25, 0.3) is 17.1 Å². The summed E-state index contributed by atoms with van der Waals surface area (Å²) in [6, 6.07) is 12.1. The number of benzene rings is 2. The molecule has 0 bridgehead atoms. The Labute approximate surface area is 179 Å². The lowest BCUT2D eigenvalue weighted by molar-refractivity contribution is -0.166. The first-order chi connectivity index (χ1) is 14.8. The average Bonchev–Trinajstić information content (AvgIpc) is 3.06. The van der Waals surface area contributed by atoms with E-state index in [1.54, 1.807) is 41.8 Å². The van der Waals surface area contributed by atoms with Gasteiger partial charge in [0.2, 0.25) is 6.23 Å². The fourth-order valence-electron chi connectivity index (χ4n) is 4.48. The van der Waals surface area contributed by atoms with Gasteiger partial charge in [-0.15, -0.1) is 9.60 Å². The van der Waals surface area contributed by atoms with Crippen LogP contribution >= 0.6 is 0 Å². The van der Waals surface area contributed by atoms with Crippen LogP contribution in [0.5, 0.6) is 5.75 Å². The zero-order valence-electron chi connectivity index (χ0n) is 17.8. The number of nitrogens with zero attached hydrogens (tertiary/aromatic N) is 3. The second-order valence-electron chi connectivity index (χ2n) is 8.04. The van der Waals surface area contributed by atoms with Gasteiger partial charge in [-0.25, -0.2) is 9.59 Å². The molecule has 0 spiro atoms. The summed E-state index contributed by atoms with van der Waals surface area (Å²) < 4.78 is 1.23. The SMILES string of the molecule is CC(CCn1c(=O)[nH]c2ccccc21)N(C)[N+]1(C(C)O)C(=O)C=Cc2ccc(O)cc21. The lowest BCUT2D eigenvalue weighted by Gasteiger charge is -2.46. The van der Waals surface area contributed by atoms with Crippen LogP contribution in [0.2, 0.25) is 0 Å². The molecule has 1 aliphatic heterocycles. The first kappa shape index (κ1) is 21.0. The largest absolute Gasteiger partial charge is 0.508 e. The van der Waals surface area contributed by atoms with Crippen LogP contribution in [0.4, 0.5) is 5.69 Å². The standard InChI is InChI=1S/C23H26N4O4/c1-15(12-13-26-20-7-5-4-6-19(20)24-23(26)31)25(3)27(16(2)28)21-14-18(29)10-8-17(21)9-11-22(27)30/h4-11,14-16,28H,12-13H2,1-3H3,(H-,24,29,30,31)/p+1. The lowest BCUT2D eigenvalue weighted by Crippen LogP contribution is -2.70. The van der Waals surface area contributed by atoms with Crippen LogP contribution < -0.4 is 10.3 Å². The van der Waals surface area contributed by atoms with Gasteiger partial charge in [-0.1, -0.05) is 12.1 Å². The third-order valence-corrected chi connectivity index (χ3v) is 6.25. The average molecular weight is 423 g/mol. The Morgan fingerprint density at radius 1 is 1.13 bits per heavy atom. The van der Waals surface area contributed by atoms with E-state index >= 15 is 0 Å². The normalized spacial score (nSPS) is 20.2. The number of aliphatic hydroxyl groups is 1. The van der Waals surface area contributed by atoms with Crippen LogP contribution in [0.3, 0.4) is 0 Å². The fraction of sp³-hybridized carbons (Fsp3) is 0.304. The van der Waals surface area contributed by atoms with Crippen molar-refractivity contribution in [2.24, 2.45) is 0 Å². The molecule has 1 aliphatic rings. The minimum atomic E-state index is -1.08. The molecule has 162 valence electrons. The number of carbonyl (C=O) groups excluding carboxylic acids is 1. The van der Waals surface area contributed by atoms with E-state index in [-0.39, 0.29) is 23.4 Å². The molecule has 0 aliphatic carbocycles. The maximum Gasteiger partial charge on any atom is 0.365 e. The Bertz CT molecular complexity index is 1230. The van der Waals surface area contributed by atoms with Gasteiger partial charge >= 0.3 is 11.6 Å². The summed E-state index contributed by atoms with van der Waals surface area (Å²) in [5.74, 6) is -0.275. The van der Waals surface area contributed by atoms with Crippen molar-refractivity contribution in [3.8, 4) is 5.75 Å². The van der Waals surface area contributed by atoms with Crippen molar-refractivity contribution in [1.82, 2.24) is 19.2 Å². The number of hydrogen-bond acceptors (Lipinski definition) is 5. The Balaban J connectivity index is 1.68. The van der Waals surface area contributed by atoms with Gasteiger partial charge in [-0.05, 0) is 43.7 Å². The second kappa shape index (κ2) is 7.81. The zero-order valence-corrected chi connectivity index (χ0v) is 17.8. The highest BCUT2D eigenvalue weighted by molar-refractivity contribution is 6.04. The molecule has 0 saturated carbocycles. The molecule has 2 heterocycles. The third-order valence-electron chi connectivity index (χ3n) is 6.25. The number of aromatic nitrogens is 2. The zero-order chi connectivity index (χ0) is 22.3. The maximum atomic E-state index is 13.2. The van der Waals surface area contributed by atoms with Crippen molar-refractivity contribution in [1.29, 1.82) is 0 Å². The summed E-state index contributed by atoms with van der Waals surface area (Å²) in [7, 11) is 1.78. The minimum absolute atomic E-state index is 0.0244. The number of phenolic OH excluding ortho intramolecular Hbond substituents is 1. The van der Waals surface area contributed by atoms with Gasteiger partial charge in [0.05, 0.1) is 17.1 Å². The molecule has 0 radical (unpaired) electrons. The molecule has 8 heteroatoms. The molecule has 3 atom stereocenters. The number of phenols is 1. The van der Waals surface area contributed by atoms with E-state index in [2.05, 4.69) is 4.98 Å². The molecule has 3 unspecified atom stereocenters. The number of rotatable bonds is 6. The van der Waals surface area contributed by atoms with E-state index in [0.717, 1.165) is 16.6 Å². The molecular weight excluding hydrogens is 396 g/mol. The topological polar surface area (TPSA) is 98.6 Å². The number of para-hydroxylation sites is 2. The Morgan fingerprint density at radius 2 is 1.87 bits per heavy atom. The number of hydrogen-bond donors (Lipinski definition) is 3. The smallest absolute Gasteiger partial charge is 0.365 e. The van der Waals surface area contributed by atoms with Gasteiger partial charge in [0, 0.05) is 38.2 Å². The highest BCUT2D eigenvalue weighted by Gasteiger charge is 2.51. The molecule has 4 rings (SSSR count). The molecule has 8 nitrogen and oxygen atoms in total. The molecule has 0 saturated heterocycles. The van der Waals surface area contributed by atoms with Crippen LogP contribution in [-0.2, 0) is 11.3 Å². The lowest BCUT2D eigenvalue weighted by atomic mass is 10.0. The number of aliphatic hydroxyl groups excluding tert-OH is 1. The Hall–Kier alpha value is -3.20. The number of quaternary nitrogens is 1. The molecule has 31 heavy (non-hydrogen) atoms. The van der Waals surface area contributed by atoms with Crippen LogP contribution in [0, 0.1) is 0 Å². The summed E-state index contributed by atoms with van der Waals surface area (Å²) >= 11 is 0. The molecule has 3 N–H and O–H groups in total. The number of aryl methyl sites for hydroxylation is 1. The van der Waals surface area contributed by atoms with E-state index in [1.807, 2.05) is 31.2 Å². The third kappa shape index (κ3) is 3.29. The summed E-state index contributed by atoms with van der Waals surface area (Å²) in [5.41, 5.74) is 2.70. The van der Waals surface area contributed by atoms with Crippen molar-refractivity contribution in [2.45, 2.75) is 39.1 Å². The molecule has 3 aromatic rings. The quantitative estimate of drug-likeness (QED) is 0.530. The summed E-state index contributed by atoms with van der Waals surface area (Å²) in [6.45, 7) is 3.97.